The maximum Gasteiger partial charge on any atom is 0.221 e. The van der Waals surface area contributed by atoms with Gasteiger partial charge in [-0.1, -0.05) is 27.2 Å². The van der Waals surface area contributed by atoms with Crippen LogP contribution in [0.3, 0.4) is 0 Å². The fourth-order valence-corrected chi connectivity index (χ4v) is 5.60. The maximum atomic E-state index is 12.3. The molecule has 3 N–H and O–H groups in total. The molecule has 0 aromatic carbocycles. The minimum absolute atomic E-state index is 0.0113. The second-order valence-corrected chi connectivity index (χ2v) is 9.06. The molecule has 0 aliphatic heterocycles. The summed E-state index contributed by atoms with van der Waals surface area (Å²) < 4.78 is 0. The highest BCUT2D eigenvalue weighted by Crippen LogP contribution is 2.58. The number of hydrogen-bond acceptors (Lipinski definition) is 2. The van der Waals surface area contributed by atoms with Crippen LogP contribution < -0.4 is 11.1 Å². The lowest BCUT2D eigenvalue weighted by molar-refractivity contribution is -0.122. The molecule has 0 aromatic rings. The molecule has 6 atom stereocenters. The monoisotopic (exact) mass is 292 g/mol. The number of rotatable bonds is 4. The van der Waals surface area contributed by atoms with Crippen molar-refractivity contribution in [2.75, 3.05) is 0 Å². The zero-order chi connectivity index (χ0) is 15.2. The quantitative estimate of drug-likeness (QED) is 0.836. The number of fused-ring (bicyclic) bond motifs is 5. The van der Waals surface area contributed by atoms with Gasteiger partial charge in [-0.15, -0.1) is 0 Å². The molecule has 0 heterocycles. The highest BCUT2D eigenvalue weighted by molar-refractivity contribution is 5.77. The topological polar surface area (TPSA) is 55.1 Å². The molecular weight excluding hydrogens is 260 g/mol. The first-order valence-corrected chi connectivity index (χ1v) is 8.88. The van der Waals surface area contributed by atoms with Crippen molar-refractivity contribution in [3.05, 3.63) is 0 Å². The summed E-state index contributed by atoms with van der Waals surface area (Å²) in [5.41, 5.74) is 6.33. The van der Waals surface area contributed by atoms with Crippen LogP contribution in [0.4, 0.5) is 0 Å². The highest BCUT2D eigenvalue weighted by atomic mass is 16.1. The molecule has 3 nitrogen and oxygen atoms in total. The Labute approximate surface area is 129 Å². The van der Waals surface area contributed by atoms with Crippen molar-refractivity contribution < 1.29 is 4.79 Å². The third-order valence-corrected chi connectivity index (χ3v) is 6.10. The van der Waals surface area contributed by atoms with Gasteiger partial charge in [-0.25, -0.2) is 0 Å². The second kappa shape index (κ2) is 5.57. The molecule has 0 spiro atoms. The van der Waals surface area contributed by atoms with Gasteiger partial charge in [-0.2, -0.15) is 0 Å². The Morgan fingerprint density at radius 2 is 1.90 bits per heavy atom. The minimum atomic E-state index is -0.0113. The first kappa shape index (κ1) is 15.3. The summed E-state index contributed by atoms with van der Waals surface area (Å²) in [4.78, 5) is 12.3. The van der Waals surface area contributed by atoms with Gasteiger partial charge in [0.05, 0.1) is 0 Å². The lowest BCUT2D eigenvalue weighted by Crippen LogP contribution is -2.44. The molecule has 3 heteroatoms. The SMILES string of the molecule is CC(C)(C)CC(N)CC(=O)NC1CC2CC1C1CCCC21. The molecule has 2 bridgehead atoms. The summed E-state index contributed by atoms with van der Waals surface area (Å²) >= 11 is 0. The molecule has 120 valence electrons. The highest BCUT2D eigenvalue weighted by Gasteiger charge is 2.53. The maximum absolute atomic E-state index is 12.3. The fourth-order valence-electron chi connectivity index (χ4n) is 5.60. The largest absolute Gasteiger partial charge is 0.353 e. The first-order valence-electron chi connectivity index (χ1n) is 8.88. The van der Waals surface area contributed by atoms with E-state index >= 15 is 0 Å². The molecule has 3 saturated carbocycles. The summed E-state index contributed by atoms with van der Waals surface area (Å²) in [6, 6.07) is 0.437. The Morgan fingerprint density at radius 1 is 1.19 bits per heavy atom. The van der Waals surface area contributed by atoms with Crippen molar-refractivity contribution in [3.63, 3.8) is 0 Å². The van der Waals surface area contributed by atoms with Gasteiger partial charge in [0.2, 0.25) is 5.91 Å². The van der Waals surface area contributed by atoms with E-state index in [2.05, 4.69) is 26.1 Å². The van der Waals surface area contributed by atoms with Crippen LogP contribution in [0.1, 0.15) is 65.7 Å². The summed E-state index contributed by atoms with van der Waals surface area (Å²) in [7, 11) is 0. The van der Waals surface area contributed by atoms with E-state index in [4.69, 9.17) is 5.73 Å². The number of carbonyl (C=O) groups is 1. The molecule has 1 amide bonds. The summed E-state index contributed by atoms with van der Waals surface area (Å²) in [6.07, 6.45) is 8.26. The van der Waals surface area contributed by atoms with E-state index < -0.39 is 0 Å². The van der Waals surface area contributed by atoms with Crippen molar-refractivity contribution in [2.24, 2.45) is 34.8 Å². The average Bonchev–Trinajstić information content (AvgIpc) is 2.94. The average molecular weight is 292 g/mol. The standard InChI is InChI=1S/C18H32N2O/c1-18(2,3)10-12(19)9-17(21)20-16-8-11-7-15(16)14-6-4-5-13(11)14/h11-16H,4-10,19H2,1-3H3,(H,20,21). The van der Waals surface area contributed by atoms with E-state index in [9.17, 15) is 4.79 Å². The van der Waals surface area contributed by atoms with Crippen molar-refractivity contribution >= 4 is 5.91 Å². The third kappa shape index (κ3) is 3.28. The fraction of sp³-hybridized carbons (Fsp3) is 0.944. The number of nitrogens with one attached hydrogen (secondary N) is 1. The van der Waals surface area contributed by atoms with Crippen molar-refractivity contribution in [1.82, 2.24) is 5.32 Å². The van der Waals surface area contributed by atoms with Crippen LogP contribution in [0.15, 0.2) is 0 Å². The zero-order valence-electron chi connectivity index (χ0n) is 13.9. The van der Waals surface area contributed by atoms with Gasteiger partial charge in [0.25, 0.3) is 0 Å². The Hall–Kier alpha value is -0.570. The van der Waals surface area contributed by atoms with Gasteiger partial charge in [-0.05, 0) is 61.2 Å². The Kier molecular flexibility index (Phi) is 4.06. The smallest absolute Gasteiger partial charge is 0.221 e. The van der Waals surface area contributed by atoms with Crippen LogP contribution in [0.2, 0.25) is 0 Å². The predicted molar refractivity (Wildman–Crippen MR) is 85.6 cm³/mol. The van der Waals surface area contributed by atoms with E-state index in [1.165, 1.54) is 32.1 Å². The molecule has 0 radical (unpaired) electrons. The minimum Gasteiger partial charge on any atom is -0.353 e. The summed E-state index contributed by atoms with van der Waals surface area (Å²) in [6.45, 7) is 6.54. The number of carbonyl (C=O) groups excluding carboxylic acids is 1. The number of nitrogens with two attached hydrogens (primary N) is 1. The molecule has 3 fully saturated rings. The Morgan fingerprint density at radius 3 is 2.62 bits per heavy atom. The normalized spacial score (nSPS) is 39.3. The molecule has 3 aliphatic carbocycles. The van der Waals surface area contributed by atoms with E-state index in [-0.39, 0.29) is 17.4 Å². The van der Waals surface area contributed by atoms with Crippen LogP contribution in [-0.4, -0.2) is 18.0 Å². The van der Waals surface area contributed by atoms with Gasteiger partial charge in [-0.3, -0.25) is 4.79 Å². The van der Waals surface area contributed by atoms with Gasteiger partial charge in [0.1, 0.15) is 0 Å². The molecule has 6 unspecified atom stereocenters. The predicted octanol–water partition coefficient (Wildman–Crippen LogP) is 3.08. The molecule has 0 saturated heterocycles. The molecule has 3 aliphatic rings. The first-order chi connectivity index (χ1) is 9.83. The number of amides is 1. The molecule has 0 aromatic heterocycles. The van der Waals surface area contributed by atoms with Gasteiger partial charge < -0.3 is 11.1 Å². The Bertz CT molecular complexity index is 401. The zero-order valence-corrected chi connectivity index (χ0v) is 13.9. The number of hydrogen-bond donors (Lipinski definition) is 2. The van der Waals surface area contributed by atoms with E-state index in [0.29, 0.717) is 12.5 Å². The van der Waals surface area contributed by atoms with Crippen LogP contribution in [-0.2, 0) is 4.79 Å². The van der Waals surface area contributed by atoms with Gasteiger partial charge >= 0.3 is 0 Å². The van der Waals surface area contributed by atoms with Crippen molar-refractivity contribution in [3.8, 4) is 0 Å². The lowest BCUT2D eigenvalue weighted by atomic mass is 9.79. The van der Waals surface area contributed by atoms with E-state index in [1.807, 2.05) is 0 Å². The van der Waals surface area contributed by atoms with Crippen LogP contribution >= 0.6 is 0 Å². The third-order valence-electron chi connectivity index (χ3n) is 6.10. The van der Waals surface area contributed by atoms with Crippen molar-refractivity contribution in [1.29, 1.82) is 0 Å². The van der Waals surface area contributed by atoms with Crippen molar-refractivity contribution in [2.45, 2.75) is 77.8 Å². The summed E-state index contributed by atoms with van der Waals surface area (Å²) in [5.74, 6) is 3.75. The van der Waals surface area contributed by atoms with E-state index in [1.54, 1.807) is 0 Å². The molecule has 21 heavy (non-hydrogen) atoms. The van der Waals surface area contributed by atoms with Crippen LogP contribution in [0, 0.1) is 29.1 Å². The van der Waals surface area contributed by atoms with Gasteiger partial charge in [0, 0.05) is 18.5 Å². The van der Waals surface area contributed by atoms with Crippen LogP contribution in [0.5, 0.6) is 0 Å². The second-order valence-electron chi connectivity index (χ2n) is 9.06. The molecular formula is C18H32N2O. The molecule has 3 rings (SSSR count). The summed E-state index contributed by atoms with van der Waals surface area (Å²) in [5, 5.41) is 3.32. The lowest BCUT2D eigenvalue weighted by Gasteiger charge is -2.32. The Balaban J connectivity index is 1.48. The van der Waals surface area contributed by atoms with Crippen LogP contribution in [0.25, 0.3) is 0 Å². The van der Waals surface area contributed by atoms with E-state index in [0.717, 1.165) is 30.1 Å². The van der Waals surface area contributed by atoms with Gasteiger partial charge in [0.15, 0.2) is 0 Å².